The summed E-state index contributed by atoms with van der Waals surface area (Å²) in [5.41, 5.74) is 3.18. The smallest absolute Gasteiger partial charge is 0.277 e. The predicted octanol–water partition coefficient (Wildman–Crippen LogP) is 2.14. The molecule has 7 heteroatoms. The van der Waals surface area contributed by atoms with E-state index in [2.05, 4.69) is 41.7 Å². The van der Waals surface area contributed by atoms with Gasteiger partial charge in [0.15, 0.2) is 0 Å². The first kappa shape index (κ1) is 20.1. The predicted molar refractivity (Wildman–Crippen MR) is 110 cm³/mol. The van der Waals surface area contributed by atoms with Gasteiger partial charge in [-0.25, -0.2) is 0 Å². The normalized spacial score (nSPS) is 12.1. The monoisotopic (exact) mass is 397 g/mol. The van der Waals surface area contributed by atoms with E-state index in [1.54, 1.807) is 0 Å². The van der Waals surface area contributed by atoms with Crippen molar-refractivity contribution in [3.63, 3.8) is 0 Å². The molecule has 0 saturated carbocycles. The summed E-state index contributed by atoms with van der Waals surface area (Å²) in [5.74, 6) is 0.656. The van der Waals surface area contributed by atoms with Gasteiger partial charge in [0.25, 0.3) is 5.22 Å². The zero-order chi connectivity index (χ0) is 19.9. The average molecular weight is 398 g/mol. The van der Waals surface area contributed by atoms with Crippen molar-refractivity contribution < 1.29 is 14.1 Å². The first-order valence-corrected chi connectivity index (χ1v) is 10.2. The number of benzene rings is 2. The van der Waals surface area contributed by atoms with E-state index in [0.717, 1.165) is 11.1 Å². The Kier molecular flexibility index (Phi) is 6.84. The van der Waals surface area contributed by atoms with Gasteiger partial charge < -0.3 is 14.6 Å². The highest BCUT2D eigenvalue weighted by Gasteiger charge is 2.19. The molecule has 6 nitrogen and oxygen atoms in total. The molecule has 1 aromatic heterocycles. The van der Waals surface area contributed by atoms with Crippen LogP contribution >= 0.6 is 11.8 Å². The number of nitrogens with zero attached hydrogens (tertiary/aromatic N) is 2. The minimum Gasteiger partial charge on any atom is -0.411 e. The maximum absolute atomic E-state index is 12.3. The van der Waals surface area contributed by atoms with Crippen LogP contribution in [0.25, 0.3) is 11.5 Å². The van der Waals surface area contributed by atoms with Gasteiger partial charge in [-0.15, -0.1) is 10.2 Å². The van der Waals surface area contributed by atoms with Crippen molar-refractivity contribution in [1.82, 2.24) is 15.5 Å². The van der Waals surface area contributed by atoms with E-state index in [1.165, 1.54) is 22.2 Å². The van der Waals surface area contributed by atoms with Gasteiger partial charge in [0.2, 0.25) is 11.8 Å². The minimum atomic E-state index is -0.0529. The molecule has 0 aliphatic heterocycles. The van der Waals surface area contributed by atoms with Crippen LogP contribution in [0.15, 0.2) is 64.2 Å². The summed E-state index contributed by atoms with van der Waals surface area (Å²) >= 11 is 1.25. The SMILES string of the molecule is Cc1ccccc1-c1nnc(SCC(=O)NC[C@@H](c2ccccc2)[NH+](C)C)o1. The van der Waals surface area contributed by atoms with Gasteiger partial charge in [-0.3, -0.25) is 4.79 Å². The Hall–Kier alpha value is -2.64. The maximum Gasteiger partial charge on any atom is 0.277 e. The highest BCUT2D eigenvalue weighted by atomic mass is 32.2. The second-order valence-corrected chi connectivity index (χ2v) is 7.75. The van der Waals surface area contributed by atoms with Crippen molar-refractivity contribution in [3.05, 3.63) is 65.7 Å². The third kappa shape index (κ3) is 5.21. The van der Waals surface area contributed by atoms with Gasteiger partial charge in [-0.2, -0.15) is 0 Å². The topological polar surface area (TPSA) is 72.5 Å². The quantitative estimate of drug-likeness (QED) is 0.570. The number of aromatic nitrogens is 2. The molecule has 146 valence electrons. The van der Waals surface area contributed by atoms with Crippen molar-refractivity contribution in [2.75, 3.05) is 26.4 Å². The third-order valence-electron chi connectivity index (χ3n) is 4.51. The molecule has 0 fully saturated rings. The first-order valence-electron chi connectivity index (χ1n) is 9.18. The Morgan fingerprint density at radius 3 is 2.54 bits per heavy atom. The molecule has 3 aromatic rings. The second-order valence-electron chi connectivity index (χ2n) is 6.82. The highest BCUT2D eigenvalue weighted by Crippen LogP contribution is 2.25. The zero-order valence-electron chi connectivity index (χ0n) is 16.3. The van der Waals surface area contributed by atoms with Crippen molar-refractivity contribution >= 4 is 17.7 Å². The first-order chi connectivity index (χ1) is 13.5. The average Bonchev–Trinajstić information content (AvgIpc) is 3.16. The molecule has 1 atom stereocenters. The number of quaternary nitrogens is 1. The van der Waals surface area contributed by atoms with Gasteiger partial charge >= 0.3 is 0 Å². The summed E-state index contributed by atoms with van der Waals surface area (Å²) < 4.78 is 5.69. The largest absolute Gasteiger partial charge is 0.411 e. The molecule has 1 amide bonds. The molecule has 28 heavy (non-hydrogen) atoms. The van der Waals surface area contributed by atoms with Gasteiger partial charge in [-0.05, 0) is 18.6 Å². The molecular formula is C21H25N4O2S+. The third-order valence-corrected chi connectivity index (χ3v) is 5.33. The summed E-state index contributed by atoms with van der Waals surface area (Å²) in [4.78, 5) is 13.5. The number of carbonyl (C=O) groups is 1. The number of thioether (sulfide) groups is 1. The van der Waals surface area contributed by atoms with Crippen molar-refractivity contribution in [3.8, 4) is 11.5 Å². The fourth-order valence-corrected chi connectivity index (χ4v) is 3.52. The van der Waals surface area contributed by atoms with Crippen LogP contribution in [-0.4, -0.2) is 42.5 Å². The Morgan fingerprint density at radius 2 is 1.82 bits per heavy atom. The number of likely N-dealkylation sites (N-methyl/N-ethyl adjacent to an activating group) is 1. The van der Waals surface area contributed by atoms with Gasteiger partial charge in [0.05, 0.1) is 26.4 Å². The number of aryl methyl sites for hydroxylation is 1. The lowest BCUT2D eigenvalue weighted by molar-refractivity contribution is -0.890. The second kappa shape index (κ2) is 9.52. The van der Waals surface area contributed by atoms with Gasteiger partial charge in [0, 0.05) is 11.1 Å². The lowest BCUT2D eigenvalue weighted by Crippen LogP contribution is -3.07. The number of hydrogen-bond donors (Lipinski definition) is 2. The molecule has 0 radical (unpaired) electrons. The molecule has 0 bridgehead atoms. The Morgan fingerprint density at radius 1 is 1.11 bits per heavy atom. The van der Waals surface area contributed by atoms with E-state index in [-0.39, 0.29) is 17.7 Å². The van der Waals surface area contributed by atoms with Crippen LogP contribution in [-0.2, 0) is 4.79 Å². The van der Waals surface area contributed by atoms with Crippen LogP contribution in [0.5, 0.6) is 0 Å². The minimum absolute atomic E-state index is 0.0529. The molecule has 0 unspecified atom stereocenters. The maximum atomic E-state index is 12.3. The summed E-state index contributed by atoms with van der Waals surface area (Å²) in [5, 5.41) is 11.5. The molecule has 0 aliphatic carbocycles. The number of carbonyl (C=O) groups excluding carboxylic acids is 1. The zero-order valence-corrected chi connectivity index (χ0v) is 17.1. The Balaban J connectivity index is 1.53. The molecule has 2 N–H and O–H groups in total. The summed E-state index contributed by atoms with van der Waals surface area (Å²) in [6.45, 7) is 2.57. The lowest BCUT2D eigenvalue weighted by Gasteiger charge is -2.22. The van der Waals surface area contributed by atoms with E-state index in [9.17, 15) is 4.79 Å². The summed E-state index contributed by atoms with van der Waals surface area (Å²) in [7, 11) is 4.17. The van der Waals surface area contributed by atoms with Crippen LogP contribution in [0.4, 0.5) is 0 Å². The molecule has 0 spiro atoms. The molecule has 3 rings (SSSR count). The number of rotatable bonds is 8. The standard InChI is InChI=1S/C21H24N4O2S/c1-15-9-7-8-12-17(15)20-23-24-21(27-20)28-14-19(26)22-13-18(25(2)3)16-10-5-4-6-11-16/h4-12,18H,13-14H2,1-3H3,(H,22,26)/p+1/t18-/m0/s1. The molecule has 0 saturated heterocycles. The van der Waals surface area contributed by atoms with Crippen LogP contribution in [0.2, 0.25) is 0 Å². The van der Waals surface area contributed by atoms with E-state index in [1.807, 2.05) is 49.4 Å². The van der Waals surface area contributed by atoms with Crippen molar-refractivity contribution in [2.24, 2.45) is 0 Å². The van der Waals surface area contributed by atoms with E-state index in [4.69, 9.17) is 4.42 Å². The van der Waals surface area contributed by atoms with E-state index < -0.39 is 0 Å². The van der Waals surface area contributed by atoms with Crippen LogP contribution in [0.1, 0.15) is 17.2 Å². The van der Waals surface area contributed by atoms with Crippen molar-refractivity contribution in [1.29, 1.82) is 0 Å². The van der Waals surface area contributed by atoms with Gasteiger partial charge in [0.1, 0.15) is 6.04 Å². The number of hydrogen-bond acceptors (Lipinski definition) is 5. The number of amides is 1. The Bertz CT molecular complexity index is 912. The summed E-state index contributed by atoms with van der Waals surface area (Å²) in [6.07, 6.45) is 0. The Labute approximate surface area is 169 Å². The lowest BCUT2D eigenvalue weighted by atomic mass is 10.1. The molecule has 1 heterocycles. The summed E-state index contributed by atoms with van der Waals surface area (Å²) in [6, 6.07) is 18.2. The molecular weight excluding hydrogens is 372 g/mol. The molecule has 2 aromatic carbocycles. The molecule has 0 aliphatic rings. The number of nitrogens with one attached hydrogen (secondary N) is 2. The fraction of sp³-hybridized carbons (Fsp3) is 0.286. The van der Waals surface area contributed by atoms with E-state index >= 15 is 0 Å². The highest BCUT2D eigenvalue weighted by molar-refractivity contribution is 7.99. The van der Waals surface area contributed by atoms with Crippen LogP contribution < -0.4 is 10.2 Å². The van der Waals surface area contributed by atoms with Gasteiger partial charge in [-0.1, -0.05) is 60.3 Å². The van der Waals surface area contributed by atoms with Crippen LogP contribution in [0, 0.1) is 6.92 Å². The van der Waals surface area contributed by atoms with E-state index in [0.29, 0.717) is 17.7 Å². The van der Waals surface area contributed by atoms with Crippen molar-refractivity contribution in [2.45, 2.75) is 18.2 Å². The fourth-order valence-electron chi connectivity index (χ4n) is 2.92. The van der Waals surface area contributed by atoms with Crippen LogP contribution in [0.3, 0.4) is 0 Å².